The second-order valence-electron chi connectivity index (χ2n) is 4.92. The van der Waals surface area contributed by atoms with Crippen LogP contribution in [0.3, 0.4) is 0 Å². The molecule has 0 radical (unpaired) electrons. The van der Waals surface area contributed by atoms with Crippen LogP contribution in [0, 0.1) is 0 Å². The average molecular weight is 273 g/mol. The van der Waals surface area contributed by atoms with Crippen molar-refractivity contribution in [3.63, 3.8) is 0 Å². The molecule has 0 aliphatic heterocycles. The Kier molecular flexibility index (Phi) is 4.20. The number of rotatable bonds is 7. The summed E-state index contributed by atoms with van der Waals surface area (Å²) in [5.74, 6) is 1.06. The van der Waals surface area contributed by atoms with Crippen LogP contribution >= 0.6 is 11.8 Å². The van der Waals surface area contributed by atoms with E-state index in [2.05, 4.69) is 34.7 Å². The van der Waals surface area contributed by atoms with E-state index in [9.17, 15) is 0 Å². The summed E-state index contributed by atoms with van der Waals surface area (Å²) in [7, 11) is 0. The van der Waals surface area contributed by atoms with Gasteiger partial charge in [0.15, 0.2) is 0 Å². The van der Waals surface area contributed by atoms with Crippen LogP contribution in [-0.4, -0.2) is 21.6 Å². The average Bonchev–Trinajstić information content (AvgIpc) is 3.13. The normalized spacial score (nSPS) is 14.7. The molecule has 1 aliphatic rings. The van der Waals surface area contributed by atoms with Gasteiger partial charge in [-0.2, -0.15) is 5.10 Å². The van der Waals surface area contributed by atoms with E-state index in [4.69, 9.17) is 0 Å². The van der Waals surface area contributed by atoms with Gasteiger partial charge in [0.25, 0.3) is 0 Å². The fourth-order valence-corrected chi connectivity index (χ4v) is 2.91. The first-order valence-corrected chi connectivity index (χ1v) is 7.81. The second kappa shape index (κ2) is 6.26. The van der Waals surface area contributed by atoms with Crippen LogP contribution in [0.15, 0.2) is 47.6 Å². The largest absolute Gasteiger partial charge is 0.310 e. The van der Waals surface area contributed by atoms with Gasteiger partial charge >= 0.3 is 0 Å². The minimum atomic E-state index is 0.774. The Morgan fingerprint density at radius 3 is 3.05 bits per heavy atom. The topological polar surface area (TPSA) is 29.9 Å². The van der Waals surface area contributed by atoms with E-state index in [0.717, 1.165) is 24.9 Å². The molecular weight excluding hydrogens is 254 g/mol. The van der Waals surface area contributed by atoms with Crippen LogP contribution in [0.25, 0.3) is 0 Å². The van der Waals surface area contributed by atoms with Gasteiger partial charge in [-0.1, -0.05) is 12.1 Å². The van der Waals surface area contributed by atoms with E-state index >= 15 is 0 Å². The van der Waals surface area contributed by atoms with E-state index < -0.39 is 0 Å². The molecule has 1 fully saturated rings. The predicted octanol–water partition coefficient (Wildman–Crippen LogP) is 2.93. The van der Waals surface area contributed by atoms with E-state index in [1.54, 1.807) is 0 Å². The van der Waals surface area contributed by atoms with Crippen LogP contribution < -0.4 is 5.32 Å². The van der Waals surface area contributed by atoms with Gasteiger partial charge in [0, 0.05) is 35.6 Å². The molecule has 3 nitrogen and oxygen atoms in total. The molecule has 1 saturated carbocycles. The number of hydrogen-bond acceptors (Lipinski definition) is 3. The third-order valence-corrected chi connectivity index (χ3v) is 4.19. The highest BCUT2D eigenvalue weighted by atomic mass is 32.2. The Morgan fingerprint density at radius 1 is 1.32 bits per heavy atom. The van der Waals surface area contributed by atoms with Crippen LogP contribution in [0.5, 0.6) is 0 Å². The van der Waals surface area contributed by atoms with Crippen molar-refractivity contribution in [2.45, 2.75) is 36.9 Å². The maximum atomic E-state index is 4.21. The Labute approximate surface area is 118 Å². The number of hydrogen-bond donors (Lipinski definition) is 1. The monoisotopic (exact) mass is 273 g/mol. The van der Waals surface area contributed by atoms with E-state index in [-0.39, 0.29) is 0 Å². The predicted molar refractivity (Wildman–Crippen MR) is 79.3 cm³/mol. The molecule has 1 heterocycles. The molecule has 0 bridgehead atoms. The first kappa shape index (κ1) is 12.8. The summed E-state index contributed by atoms with van der Waals surface area (Å²) in [6, 6.07) is 11.6. The van der Waals surface area contributed by atoms with Gasteiger partial charge in [0.1, 0.15) is 0 Å². The zero-order chi connectivity index (χ0) is 12.9. The molecular formula is C15H19N3S. The lowest BCUT2D eigenvalue weighted by Gasteiger charge is -2.06. The molecule has 2 aromatic rings. The Morgan fingerprint density at radius 2 is 2.26 bits per heavy atom. The van der Waals surface area contributed by atoms with Crippen molar-refractivity contribution in [2.75, 3.05) is 5.75 Å². The number of thioether (sulfide) groups is 1. The van der Waals surface area contributed by atoms with Crippen LogP contribution in [-0.2, 0) is 13.1 Å². The highest BCUT2D eigenvalue weighted by Crippen LogP contribution is 2.22. The summed E-state index contributed by atoms with van der Waals surface area (Å²) < 4.78 is 1.98. The van der Waals surface area contributed by atoms with Crippen molar-refractivity contribution in [1.29, 1.82) is 0 Å². The van der Waals surface area contributed by atoms with Crippen LogP contribution in [0.2, 0.25) is 0 Å². The lowest BCUT2D eigenvalue weighted by atomic mass is 10.2. The summed E-state index contributed by atoms with van der Waals surface area (Å²) in [6.07, 6.45) is 6.53. The minimum absolute atomic E-state index is 0.774. The van der Waals surface area contributed by atoms with Crippen molar-refractivity contribution >= 4 is 11.8 Å². The molecule has 0 atom stereocenters. The quantitative estimate of drug-likeness (QED) is 0.787. The highest BCUT2D eigenvalue weighted by Gasteiger charge is 2.19. The molecule has 1 aromatic heterocycles. The second-order valence-corrected chi connectivity index (χ2v) is 6.09. The first-order chi connectivity index (χ1) is 9.40. The van der Waals surface area contributed by atoms with E-state index in [0.29, 0.717) is 0 Å². The molecule has 1 aliphatic carbocycles. The smallest absolute Gasteiger partial charge is 0.0503 e. The van der Waals surface area contributed by atoms with Crippen molar-refractivity contribution in [1.82, 2.24) is 15.1 Å². The van der Waals surface area contributed by atoms with Gasteiger partial charge in [-0.3, -0.25) is 4.68 Å². The summed E-state index contributed by atoms with van der Waals surface area (Å²) in [4.78, 5) is 1.35. The number of aromatic nitrogens is 2. The third-order valence-electron chi connectivity index (χ3n) is 3.22. The van der Waals surface area contributed by atoms with Crippen molar-refractivity contribution < 1.29 is 0 Å². The molecule has 0 amide bonds. The van der Waals surface area contributed by atoms with Crippen LogP contribution in [0.4, 0.5) is 0 Å². The van der Waals surface area contributed by atoms with Gasteiger partial charge in [0.2, 0.25) is 0 Å². The molecule has 1 N–H and O–H groups in total. The van der Waals surface area contributed by atoms with Crippen LogP contribution in [0.1, 0.15) is 18.4 Å². The Hall–Kier alpha value is -1.26. The van der Waals surface area contributed by atoms with Gasteiger partial charge in [-0.05, 0) is 36.6 Å². The van der Waals surface area contributed by atoms with Gasteiger partial charge in [0.05, 0.1) is 6.54 Å². The van der Waals surface area contributed by atoms with Gasteiger partial charge < -0.3 is 5.32 Å². The lowest BCUT2D eigenvalue weighted by molar-refractivity contribution is 0.666. The molecule has 1 aromatic carbocycles. The fourth-order valence-electron chi connectivity index (χ4n) is 1.98. The molecule has 19 heavy (non-hydrogen) atoms. The maximum absolute atomic E-state index is 4.21. The summed E-state index contributed by atoms with van der Waals surface area (Å²) in [6.45, 7) is 1.96. The molecule has 3 rings (SSSR count). The Balaban J connectivity index is 1.47. The lowest BCUT2D eigenvalue weighted by Crippen LogP contribution is -2.15. The van der Waals surface area contributed by atoms with E-state index in [1.165, 1.54) is 23.3 Å². The Bertz CT molecular complexity index is 506. The standard InChI is InChI=1S/C15H19N3S/c1-3-13(12-16-14-5-6-14)11-15(4-1)19-10-9-18-8-2-7-17-18/h1-4,7-8,11,14,16H,5-6,9-10,12H2. The van der Waals surface area contributed by atoms with E-state index in [1.807, 2.05) is 34.9 Å². The summed E-state index contributed by atoms with van der Waals surface area (Å²) >= 11 is 1.89. The third kappa shape index (κ3) is 4.11. The summed E-state index contributed by atoms with van der Waals surface area (Å²) in [5, 5.41) is 7.77. The highest BCUT2D eigenvalue weighted by molar-refractivity contribution is 7.99. The fraction of sp³-hybridized carbons (Fsp3) is 0.400. The van der Waals surface area contributed by atoms with Crippen molar-refractivity contribution in [3.05, 3.63) is 48.3 Å². The molecule has 0 unspecified atom stereocenters. The van der Waals surface area contributed by atoms with Crippen molar-refractivity contribution in [3.8, 4) is 0 Å². The van der Waals surface area contributed by atoms with Crippen molar-refractivity contribution in [2.24, 2.45) is 0 Å². The molecule has 100 valence electrons. The zero-order valence-corrected chi connectivity index (χ0v) is 11.8. The van der Waals surface area contributed by atoms with Gasteiger partial charge in [-0.25, -0.2) is 0 Å². The number of nitrogens with one attached hydrogen (secondary N) is 1. The number of aryl methyl sites for hydroxylation is 1. The minimum Gasteiger partial charge on any atom is -0.310 e. The maximum Gasteiger partial charge on any atom is 0.0503 e. The summed E-state index contributed by atoms with van der Waals surface area (Å²) in [5.41, 5.74) is 1.39. The van der Waals surface area contributed by atoms with Gasteiger partial charge in [-0.15, -0.1) is 11.8 Å². The SMILES string of the molecule is c1cc(CNC2CC2)cc(SCCn2cccn2)c1. The molecule has 0 spiro atoms. The molecule has 4 heteroatoms. The first-order valence-electron chi connectivity index (χ1n) is 6.83. The zero-order valence-electron chi connectivity index (χ0n) is 11.0. The number of nitrogens with zero attached hydrogens (tertiary/aromatic N) is 2. The number of benzene rings is 1. The molecule has 0 saturated heterocycles.